The number of halogens is 3. The number of benzene rings is 1. The summed E-state index contributed by atoms with van der Waals surface area (Å²) in [5, 5.41) is 7.38. The Kier molecular flexibility index (Phi) is 4.25. The summed E-state index contributed by atoms with van der Waals surface area (Å²) >= 11 is 0. The molecule has 0 radical (unpaired) electrons. The van der Waals surface area contributed by atoms with Crippen LogP contribution >= 0.6 is 0 Å². The molecule has 1 amide bonds. The topological polar surface area (TPSA) is 70.7 Å². The van der Waals surface area contributed by atoms with E-state index in [0.29, 0.717) is 6.42 Å². The number of nitrogens with zero attached hydrogens (tertiary/aromatic N) is 2. The molecule has 0 aliphatic carbocycles. The van der Waals surface area contributed by atoms with Gasteiger partial charge in [0.05, 0.1) is 5.92 Å². The zero-order valence-electron chi connectivity index (χ0n) is 11.1. The van der Waals surface area contributed by atoms with E-state index in [1.165, 1.54) is 0 Å². The number of hydrogen-bond acceptors (Lipinski definition) is 3. The van der Waals surface area contributed by atoms with Crippen molar-refractivity contribution in [3.63, 3.8) is 0 Å². The van der Waals surface area contributed by atoms with E-state index in [1.807, 2.05) is 13.0 Å². The number of anilines is 1. The van der Waals surface area contributed by atoms with Crippen molar-refractivity contribution < 1.29 is 18.0 Å². The Hall–Kier alpha value is -2.38. The predicted molar refractivity (Wildman–Crippen MR) is 69.5 cm³/mol. The summed E-state index contributed by atoms with van der Waals surface area (Å²) in [6.45, 7) is 1.82. The summed E-state index contributed by atoms with van der Waals surface area (Å²) in [5.41, 5.74) is 0.782. The number of rotatable bonds is 4. The molecular formula is C13H13F3N4O. The van der Waals surface area contributed by atoms with Crippen LogP contribution in [0.4, 0.5) is 19.1 Å². The largest absolute Gasteiger partial charge is 0.451 e. The van der Waals surface area contributed by atoms with Crippen molar-refractivity contribution in [2.75, 3.05) is 5.32 Å². The van der Waals surface area contributed by atoms with Gasteiger partial charge in [0.25, 0.3) is 0 Å². The van der Waals surface area contributed by atoms with E-state index < -0.39 is 23.8 Å². The molecule has 0 saturated carbocycles. The highest BCUT2D eigenvalue weighted by molar-refractivity contribution is 5.94. The zero-order valence-corrected chi connectivity index (χ0v) is 11.1. The lowest BCUT2D eigenvalue weighted by Gasteiger charge is -2.13. The molecule has 112 valence electrons. The second-order valence-corrected chi connectivity index (χ2v) is 4.37. The molecule has 2 aromatic rings. The van der Waals surface area contributed by atoms with Crippen LogP contribution in [-0.2, 0) is 11.0 Å². The van der Waals surface area contributed by atoms with Crippen molar-refractivity contribution in [2.45, 2.75) is 25.4 Å². The minimum Gasteiger partial charge on any atom is -0.293 e. The number of carbonyl (C=O) groups excluding carboxylic acids is 1. The molecule has 0 aliphatic rings. The molecule has 8 heteroatoms. The third kappa shape index (κ3) is 3.59. The van der Waals surface area contributed by atoms with E-state index >= 15 is 0 Å². The van der Waals surface area contributed by atoms with Crippen LogP contribution in [0.15, 0.2) is 30.3 Å². The average Bonchev–Trinajstić information content (AvgIpc) is 2.89. The van der Waals surface area contributed by atoms with Gasteiger partial charge >= 0.3 is 6.18 Å². The maximum absolute atomic E-state index is 12.4. The third-order valence-electron chi connectivity index (χ3n) is 2.92. The van der Waals surface area contributed by atoms with Gasteiger partial charge in [-0.1, -0.05) is 37.3 Å². The van der Waals surface area contributed by atoms with Crippen molar-refractivity contribution in [3.05, 3.63) is 41.7 Å². The minimum absolute atomic E-state index is 0.387. The van der Waals surface area contributed by atoms with Crippen molar-refractivity contribution in [3.8, 4) is 0 Å². The van der Waals surface area contributed by atoms with Crippen LogP contribution in [0.25, 0.3) is 0 Å². The van der Waals surface area contributed by atoms with Crippen molar-refractivity contribution >= 4 is 11.9 Å². The van der Waals surface area contributed by atoms with Gasteiger partial charge in [-0.15, -0.1) is 5.10 Å². The van der Waals surface area contributed by atoms with Crippen molar-refractivity contribution in [1.29, 1.82) is 0 Å². The van der Waals surface area contributed by atoms with Gasteiger partial charge in [0.15, 0.2) is 0 Å². The standard InChI is InChI=1S/C13H13F3N4O/c1-2-9(8-6-4-3-5-7-8)10(21)17-12-18-11(19-20-12)13(14,15)16/h3-7,9H,2H2,1H3,(H2,17,18,19,20,21). The van der Waals surface area contributed by atoms with Crippen LogP contribution in [0.1, 0.15) is 30.7 Å². The van der Waals surface area contributed by atoms with Gasteiger partial charge in [0.2, 0.25) is 17.7 Å². The Morgan fingerprint density at radius 3 is 2.52 bits per heavy atom. The lowest BCUT2D eigenvalue weighted by Crippen LogP contribution is -2.21. The molecule has 0 spiro atoms. The maximum Gasteiger partial charge on any atom is 0.451 e. The lowest BCUT2D eigenvalue weighted by molar-refractivity contribution is -0.144. The molecule has 2 N–H and O–H groups in total. The van der Waals surface area contributed by atoms with E-state index in [1.54, 1.807) is 29.4 Å². The van der Waals surface area contributed by atoms with Crippen LogP contribution in [0.2, 0.25) is 0 Å². The first-order valence-corrected chi connectivity index (χ1v) is 6.27. The first kappa shape index (κ1) is 15.0. The number of hydrogen-bond donors (Lipinski definition) is 2. The summed E-state index contributed by atoms with van der Waals surface area (Å²) < 4.78 is 37.1. The molecule has 0 saturated heterocycles. The average molecular weight is 298 g/mol. The highest BCUT2D eigenvalue weighted by Crippen LogP contribution is 2.26. The van der Waals surface area contributed by atoms with Gasteiger partial charge in [-0.05, 0) is 12.0 Å². The molecular weight excluding hydrogens is 285 g/mol. The fourth-order valence-corrected chi connectivity index (χ4v) is 1.90. The van der Waals surface area contributed by atoms with Crippen LogP contribution in [-0.4, -0.2) is 21.1 Å². The van der Waals surface area contributed by atoms with Gasteiger partial charge in [-0.2, -0.15) is 18.2 Å². The van der Waals surface area contributed by atoms with Gasteiger partial charge in [0.1, 0.15) is 0 Å². The first-order valence-electron chi connectivity index (χ1n) is 6.27. The van der Waals surface area contributed by atoms with E-state index in [-0.39, 0.29) is 5.95 Å². The van der Waals surface area contributed by atoms with Crippen molar-refractivity contribution in [1.82, 2.24) is 15.2 Å². The predicted octanol–water partition coefficient (Wildman–Crippen LogP) is 2.96. The summed E-state index contributed by atoms with van der Waals surface area (Å²) in [5.74, 6) is -2.55. The Bertz CT molecular complexity index is 609. The normalized spacial score (nSPS) is 13.0. The Morgan fingerprint density at radius 1 is 1.33 bits per heavy atom. The smallest absolute Gasteiger partial charge is 0.293 e. The Labute approximate surface area is 118 Å². The number of carbonyl (C=O) groups is 1. The van der Waals surface area contributed by atoms with Gasteiger partial charge in [-0.25, -0.2) is 0 Å². The molecule has 5 nitrogen and oxygen atoms in total. The molecule has 1 unspecified atom stereocenters. The minimum atomic E-state index is -4.63. The number of aromatic amines is 1. The molecule has 1 aromatic carbocycles. The second kappa shape index (κ2) is 5.94. The number of nitrogens with one attached hydrogen (secondary N) is 2. The number of amides is 1. The molecule has 21 heavy (non-hydrogen) atoms. The summed E-state index contributed by atoms with van der Waals surface area (Å²) in [7, 11) is 0. The van der Waals surface area contributed by atoms with E-state index in [2.05, 4.69) is 15.4 Å². The van der Waals surface area contributed by atoms with E-state index in [0.717, 1.165) is 5.56 Å². The molecule has 1 heterocycles. The lowest BCUT2D eigenvalue weighted by atomic mass is 9.96. The number of aromatic nitrogens is 3. The summed E-state index contributed by atoms with van der Waals surface area (Å²) in [6, 6.07) is 8.97. The maximum atomic E-state index is 12.4. The highest BCUT2D eigenvalue weighted by Gasteiger charge is 2.35. The third-order valence-corrected chi connectivity index (χ3v) is 2.92. The van der Waals surface area contributed by atoms with Gasteiger partial charge in [0, 0.05) is 0 Å². The number of alkyl halides is 3. The fourth-order valence-electron chi connectivity index (χ4n) is 1.90. The Balaban J connectivity index is 2.11. The highest BCUT2D eigenvalue weighted by atomic mass is 19.4. The fraction of sp³-hybridized carbons (Fsp3) is 0.308. The van der Waals surface area contributed by atoms with E-state index in [4.69, 9.17) is 0 Å². The van der Waals surface area contributed by atoms with Crippen LogP contribution in [0.5, 0.6) is 0 Å². The molecule has 0 bridgehead atoms. The number of H-pyrrole nitrogens is 1. The van der Waals surface area contributed by atoms with Gasteiger partial charge in [-0.3, -0.25) is 15.2 Å². The van der Waals surface area contributed by atoms with Gasteiger partial charge < -0.3 is 0 Å². The van der Waals surface area contributed by atoms with E-state index in [9.17, 15) is 18.0 Å². The summed E-state index contributed by atoms with van der Waals surface area (Å²) in [4.78, 5) is 15.3. The molecule has 0 aliphatic heterocycles. The van der Waals surface area contributed by atoms with Crippen LogP contribution in [0.3, 0.4) is 0 Å². The first-order chi connectivity index (χ1) is 9.91. The summed E-state index contributed by atoms with van der Waals surface area (Å²) in [6.07, 6.45) is -4.12. The van der Waals surface area contributed by atoms with Crippen LogP contribution < -0.4 is 5.32 Å². The molecule has 0 fully saturated rings. The second-order valence-electron chi connectivity index (χ2n) is 4.37. The monoisotopic (exact) mass is 298 g/mol. The molecule has 1 aromatic heterocycles. The molecule has 2 rings (SSSR count). The zero-order chi connectivity index (χ0) is 15.5. The Morgan fingerprint density at radius 2 is 2.00 bits per heavy atom. The quantitative estimate of drug-likeness (QED) is 0.911. The SMILES string of the molecule is CCC(C(=O)Nc1n[nH]c(C(F)(F)F)n1)c1ccccc1. The molecule has 1 atom stereocenters. The van der Waals surface area contributed by atoms with Crippen LogP contribution in [0, 0.1) is 0 Å². The van der Waals surface area contributed by atoms with Crippen molar-refractivity contribution in [2.24, 2.45) is 0 Å².